The van der Waals surface area contributed by atoms with Gasteiger partial charge in [-0.05, 0) is 66.1 Å². The van der Waals surface area contributed by atoms with Crippen molar-refractivity contribution in [3.05, 3.63) is 67.8 Å². The van der Waals surface area contributed by atoms with E-state index in [1.807, 2.05) is 24.3 Å². The van der Waals surface area contributed by atoms with Crippen molar-refractivity contribution in [2.45, 2.75) is 195 Å². The average molecular weight is 869 g/mol. The van der Waals surface area contributed by atoms with Crippen molar-refractivity contribution in [2.75, 3.05) is 13.1 Å². The van der Waals surface area contributed by atoms with Crippen molar-refractivity contribution in [3.63, 3.8) is 0 Å². The summed E-state index contributed by atoms with van der Waals surface area (Å²) in [7, 11) is 0. The summed E-state index contributed by atoms with van der Waals surface area (Å²) in [5, 5.41) is 34.9. The Labute approximate surface area is 380 Å². The van der Waals surface area contributed by atoms with Gasteiger partial charge in [0.1, 0.15) is 0 Å². The fourth-order valence-electron chi connectivity index (χ4n) is 10.5. The number of nitrogens with zero attached hydrogens (tertiary/aromatic N) is 4. The molecule has 0 saturated carbocycles. The number of aromatic nitrogens is 2. The number of unbranched alkanes of at least 4 members (excludes halogenated alkanes) is 20. The summed E-state index contributed by atoms with van der Waals surface area (Å²) >= 11 is 0. The molecule has 64 heavy (non-hydrogen) atoms. The molecule has 7 rings (SSSR count). The van der Waals surface area contributed by atoms with Gasteiger partial charge in [0.2, 0.25) is 11.8 Å². The van der Waals surface area contributed by atoms with Gasteiger partial charge in [0.15, 0.2) is 0 Å². The molecule has 0 unspecified atom stereocenters. The van der Waals surface area contributed by atoms with E-state index in [-0.39, 0.29) is 22.9 Å². The van der Waals surface area contributed by atoms with Crippen molar-refractivity contribution >= 4 is 64.6 Å². The quantitative estimate of drug-likeness (QED) is 0.0290. The van der Waals surface area contributed by atoms with Gasteiger partial charge >= 0.3 is 0 Å². The number of hydrogen-bond donors (Lipinski definition) is 2. The maximum atomic E-state index is 14.7. The standard InChI is InChI=1S/C56H76N4O4/c1-5-9-13-17-21-25-33-57-45-37-43-49-44(56(64)60(55(43)63)36-28-24-20-16-12-8-4)38-46(58-34-26-22-18-14-10-6-2)51-40-30-32-42-48-41(31-29-39(47(40)48)50(45)52(49)51)53(61)59(54(42)62)35-27-23-19-15-11-7-3/h29-32,37-38,61-62H,5-28,33-36H2,1-4H3. The van der Waals surface area contributed by atoms with Crippen LogP contribution in [-0.2, 0) is 13.1 Å². The highest BCUT2D eigenvalue weighted by Crippen LogP contribution is 2.46. The summed E-state index contributed by atoms with van der Waals surface area (Å²) < 4.78 is 3.17. The van der Waals surface area contributed by atoms with Crippen LogP contribution in [0, 0.1) is 0 Å². The van der Waals surface area contributed by atoms with Crippen LogP contribution >= 0.6 is 0 Å². The third-order valence-corrected chi connectivity index (χ3v) is 14.1. The molecule has 2 aromatic heterocycles. The molecule has 0 bridgehead atoms. The van der Waals surface area contributed by atoms with Crippen LogP contribution < -0.4 is 21.8 Å². The van der Waals surface area contributed by atoms with Gasteiger partial charge in [0, 0.05) is 63.9 Å². The molecular weight excluding hydrogens is 793 g/mol. The van der Waals surface area contributed by atoms with Gasteiger partial charge in [0.05, 0.1) is 21.5 Å². The molecule has 0 saturated heterocycles. The minimum atomic E-state index is -0.239. The molecule has 0 amide bonds. The van der Waals surface area contributed by atoms with E-state index in [1.165, 1.54) is 94.5 Å². The SMILES string of the molecule is CCCCCCCCN=c1cc2c(=O)n(CCCCCCCC)c(=O)c3cc(=NCCCCCCCC)c4c5ccc6c(O)n(CCCCCCCC)c(O)c7ccc(c1c4c23)c5c76. The maximum absolute atomic E-state index is 14.7. The summed E-state index contributed by atoms with van der Waals surface area (Å²) in [4.78, 5) is 40.1. The Morgan fingerprint density at radius 3 is 1.12 bits per heavy atom. The topological polar surface area (TPSA) is 109 Å². The first-order valence-corrected chi connectivity index (χ1v) is 25.8. The van der Waals surface area contributed by atoms with Crippen LogP contribution in [0.25, 0.3) is 64.6 Å². The predicted octanol–water partition coefficient (Wildman–Crippen LogP) is 13.9. The van der Waals surface area contributed by atoms with Crippen LogP contribution in [0.2, 0.25) is 0 Å². The van der Waals surface area contributed by atoms with E-state index in [2.05, 4.69) is 39.8 Å². The van der Waals surface area contributed by atoms with E-state index in [1.54, 1.807) is 4.57 Å². The zero-order valence-corrected chi connectivity index (χ0v) is 39.8. The highest BCUT2D eigenvalue weighted by Gasteiger charge is 2.26. The predicted molar refractivity (Wildman–Crippen MR) is 271 cm³/mol. The first kappa shape index (κ1) is 47.2. The number of pyridine rings is 2. The minimum Gasteiger partial charge on any atom is -0.494 e. The smallest absolute Gasteiger partial charge is 0.261 e. The molecular formula is C56H76N4O4. The molecule has 5 aromatic carbocycles. The second kappa shape index (κ2) is 22.9. The van der Waals surface area contributed by atoms with Crippen LogP contribution in [0.3, 0.4) is 0 Å². The molecule has 2 heterocycles. The van der Waals surface area contributed by atoms with Crippen molar-refractivity contribution in [3.8, 4) is 11.8 Å². The fraction of sp³-hybridized carbons (Fsp3) is 0.571. The van der Waals surface area contributed by atoms with E-state index in [4.69, 9.17) is 9.98 Å². The van der Waals surface area contributed by atoms with E-state index < -0.39 is 0 Å². The van der Waals surface area contributed by atoms with Crippen LogP contribution in [0.15, 0.2) is 56.0 Å². The lowest BCUT2D eigenvalue weighted by atomic mass is 9.85. The molecule has 2 N–H and O–H groups in total. The van der Waals surface area contributed by atoms with E-state index in [9.17, 15) is 19.8 Å². The average Bonchev–Trinajstić information content (AvgIpc) is 3.30. The Balaban J connectivity index is 1.49. The lowest BCUT2D eigenvalue weighted by molar-refractivity contribution is 0.358. The van der Waals surface area contributed by atoms with E-state index >= 15 is 0 Å². The van der Waals surface area contributed by atoms with Crippen LogP contribution in [0.1, 0.15) is 182 Å². The van der Waals surface area contributed by atoms with Gasteiger partial charge in [-0.3, -0.25) is 28.7 Å². The fourth-order valence-corrected chi connectivity index (χ4v) is 10.5. The molecule has 0 aliphatic rings. The zero-order chi connectivity index (χ0) is 45.0. The largest absolute Gasteiger partial charge is 0.494 e. The summed E-state index contributed by atoms with van der Waals surface area (Å²) in [6.45, 7) is 11.1. The van der Waals surface area contributed by atoms with Crippen LogP contribution in [0.5, 0.6) is 11.8 Å². The highest BCUT2D eigenvalue weighted by molar-refractivity contribution is 6.39. The second-order valence-electron chi connectivity index (χ2n) is 18.9. The van der Waals surface area contributed by atoms with Crippen molar-refractivity contribution in [1.82, 2.24) is 9.13 Å². The van der Waals surface area contributed by atoms with Crippen molar-refractivity contribution in [1.29, 1.82) is 0 Å². The first-order chi connectivity index (χ1) is 31.4. The normalized spacial score (nSPS) is 13.0. The summed E-state index contributed by atoms with van der Waals surface area (Å²) in [6, 6.07) is 12.1. The molecule has 0 aliphatic heterocycles. The number of benzene rings is 5. The van der Waals surface area contributed by atoms with Gasteiger partial charge < -0.3 is 10.2 Å². The molecule has 0 spiro atoms. The molecule has 0 atom stereocenters. The van der Waals surface area contributed by atoms with Crippen molar-refractivity contribution < 1.29 is 10.2 Å². The highest BCUT2D eigenvalue weighted by atomic mass is 16.3. The summed E-state index contributed by atoms with van der Waals surface area (Å²) in [6.07, 6.45) is 26.9. The van der Waals surface area contributed by atoms with Crippen molar-refractivity contribution in [2.24, 2.45) is 9.98 Å². The first-order valence-electron chi connectivity index (χ1n) is 25.8. The molecule has 0 aliphatic carbocycles. The molecule has 0 radical (unpaired) electrons. The van der Waals surface area contributed by atoms with Gasteiger partial charge in [-0.2, -0.15) is 0 Å². The van der Waals surface area contributed by atoms with Gasteiger partial charge in [-0.25, -0.2) is 0 Å². The minimum absolute atomic E-state index is 0.0703. The van der Waals surface area contributed by atoms with Gasteiger partial charge in [-0.15, -0.1) is 0 Å². The van der Waals surface area contributed by atoms with E-state index in [0.29, 0.717) is 53.1 Å². The molecule has 344 valence electrons. The zero-order valence-electron chi connectivity index (χ0n) is 39.8. The number of hydrogen-bond acceptors (Lipinski definition) is 6. The van der Waals surface area contributed by atoms with Gasteiger partial charge in [0.25, 0.3) is 11.1 Å². The lowest BCUT2D eigenvalue weighted by Gasteiger charge is -2.22. The Hall–Kier alpha value is -4.72. The number of fused-ring (bicyclic) bond motifs is 2. The maximum Gasteiger partial charge on any atom is 0.261 e. The van der Waals surface area contributed by atoms with E-state index in [0.717, 1.165) is 113 Å². The van der Waals surface area contributed by atoms with Gasteiger partial charge in [-0.1, -0.05) is 168 Å². The molecule has 8 nitrogen and oxygen atoms in total. The summed E-state index contributed by atoms with van der Waals surface area (Å²) in [5.41, 5.74) is -0.478. The Morgan fingerprint density at radius 2 is 0.703 bits per heavy atom. The molecule has 7 aromatic rings. The Kier molecular flexibility index (Phi) is 16.9. The van der Waals surface area contributed by atoms with Crippen LogP contribution in [0.4, 0.5) is 0 Å². The monoisotopic (exact) mass is 869 g/mol. The third kappa shape index (κ3) is 9.91. The Morgan fingerprint density at radius 1 is 0.375 bits per heavy atom. The summed E-state index contributed by atoms with van der Waals surface area (Å²) in [5.74, 6) is 0.141. The molecule has 8 heteroatoms. The molecule has 0 fully saturated rings. The third-order valence-electron chi connectivity index (χ3n) is 14.1. The number of aromatic hydroxyl groups is 2. The number of rotatable bonds is 28. The Bertz CT molecular complexity index is 2700. The van der Waals surface area contributed by atoms with Crippen LogP contribution in [-0.4, -0.2) is 32.4 Å². The lowest BCUT2D eigenvalue weighted by Crippen LogP contribution is -2.34. The second-order valence-corrected chi connectivity index (χ2v) is 18.9.